The van der Waals surface area contributed by atoms with Gasteiger partial charge in [0.05, 0.1) is 6.10 Å². The number of hydrogen-bond donors (Lipinski definition) is 1. The van der Waals surface area contributed by atoms with Crippen LogP contribution in [-0.4, -0.2) is 17.2 Å². The van der Waals surface area contributed by atoms with Gasteiger partial charge in [0.25, 0.3) is 0 Å². The van der Waals surface area contributed by atoms with Crippen LogP contribution in [0.5, 0.6) is 0 Å². The minimum absolute atomic E-state index is 0. The van der Waals surface area contributed by atoms with E-state index in [2.05, 4.69) is 6.92 Å². The third-order valence-corrected chi connectivity index (χ3v) is 4.04. The first-order valence-corrected chi connectivity index (χ1v) is 9.04. The van der Waals surface area contributed by atoms with Crippen molar-refractivity contribution in [1.29, 1.82) is 0 Å². The molecule has 0 amide bonds. The molecule has 0 fully saturated rings. The maximum Gasteiger partial charge on any atom is 1.00 e. The van der Waals surface area contributed by atoms with Gasteiger partial charge >= 0.3 is 18.9 Å². The molecule has 0 bridgehead atoms. The van der Waals surface area contributed by atoms with Crippen LogP contribution in [0.4, 0.5) is 0 Å². The van der Waals surface area contributed by atoms with Crippen LogP contribution >= 0.6 is 0 Å². The summed E-state index contributed by atoms with van der Waals surface area (Å²) in [5.74, 6) is -1.16. The molecule has 126 valence electrons. The minimum atomic E-state index is -1.16. The van der Waals surface area contributed by atoms with Crippen molar-refractivity contribution in [3.63, 3.8) is 0 Å². The Morgan fingerprint density at radius 2 is 1.18 bits per heavy atom. The molecule has 0 aromatic carbocycles. The van der Waals surface area contributed by atoms with E-state index in [4.69, 9.17) is 0 Å². The molecule has 0 saturated heterocycles. The molecular formula is C18H35LiO3. The van der Waals surface area contributed by atoms with Crippen LogP contribution in [0.15, 0.2) is 0 Å². The minimum Gasteiger partial charge on any atom is -0.550 e. The summed E-state index contributed by atoms with van der Waals surface area (Å²) < 4.78 is 0. The van der Waals surface area contributed by atoms with Gasteiger partial charge in [-0.1, -0.05) is 90.4 Å². The van der Waals surface area contributed by atoms with Gasteiger partial charge in [-0.3, -0.25) is 0 Å². The summed E-state index contributed by atoms with van der Waals surface area (Å²) in [4.78, 5) is 10.3. The number of carbonyl (C=O) groups is 1. The molecule has 1 unspecified atom stereocenters. The Kier molecular flexibility index (Phi) is 21.1. The fourth-order valence-electron chi connectivity index (χ4n) is 2.69. The normalized spacial score (nSPS) is 11.9. The summed E-state index contributed by atoms with van der Waals surface area (Å²) in [6, 6.07) is 0. The standard InChI is InChI=1S/C18H36O3.Li/c1-2-3-4-5-6-7-8-9-10-11-12-13-14-15-17(19)16-18(20)21;/h17,19H,2-16H2,1H3,(H,20,21);/q;+1/p-1. The fraction of sp³-hybridized carbons (Fsp3) is 0.944. The molecule has 0 radical (unpaired) electrons. The van der Waals surface area contributed by atoms with E-state index in [9.17, 15) is 15.0 Å². The molecule has 0 heterocycles. The first-order chi connectivity index (χ1) is 10.2. The molecule has 0 spiro atoms. The summed E-state index contributed by atoms with van der Waals surface area (Å²) in [5, 5.41) is 19.6. The van der Waals surface area contributed by atoms with Gasteiger partial charge in [0, 0.05) is 12.4 Å². The van der Waals surface area contributed by atoms with Crippen molar-refractivity contribution in [2.24, 2.45) is 0 Å². The van der Waals surface area contributed by atoms with Gasteiger partial charge in [0.1, 0.15) is 0 Å². The van der Waals surface area contributed by atoms with Gasteiger partial charge < -0.3 is 15.0 Å². The van der Waals surface area contributed by atoms with Gasteiger partial charge in [-0.05, 0) is 6.42 Å². The summed E-state index contributed by atoms with van der Waals surface area (Å²) in [6.45, 7) is 2.25. The summed E-state index contributed by atoms with van der Waals surface area (Å²) in [7, 11) is 0. The van der Waals surface area contributed by atoms with Gasteiger partial charge in [-0.25, -0.2) is 0 Å². The number of carbonyl (C=O) groups excluding carboxylic acids is 1. The van der Waals surface area contributed by atoms with Crippen molar-refractivity contribution < 1.29 is 33.9 Å². The van der Waals surface area contributed by atoms with E-state index in [1.165, 1.54) is 70.6 Å². The Morgan fingerprint density at radius 3 is 1.55 bits per heavy atom. The Balaban J connectivity index is 0. The average molecular weight is 306 g/mol. The first kappa shape index (κ1) is 24.3. The number of carboxylic acids is 1. The first-order valence-electron chi connectivity index (χ1n) is 9.04. The largest absolute Gasteiger partial charge is 1.00 e. The summed E-state index contributed by atoms with van der Waals surface area (Å²) in [6.07, 6.45) is 16.5. The van der Waals surface area contributed by atoms with E-state index < -0.39 is 12.1 Å². The van der Waals surface area contributed by atoms with Gasteiger partial charge in [-0.15, -0.1) is 0 Å². The van der Waals surface area contributed by atoms with Crippen LogP contribution in [0.25, 0.3) is 0 Å². The maximum absolute atomic E-state index is 10.3. The third-order valence-electron chi connectivity index (χ3n) is 4.04. The van der Waals surface area contributed by atoms with Crippen molar-refractivity contribution in [3.05, 3.63) is 0 Å². The molecular weight excluding hydrogens is 271 g/mol. The van der Waals surface area contributed by atoms with E-state index in [0.717, 1.165) is 12.8 Å². The molecule has 0 rings (SSSR count). The monoisotopic (exact) mass is 306 g/mol. The van der Waals surface area contributed by atoms with Gasteiger partial charge in [0.2, 0.25) is 0 Å². The molecule has 0 aliphatic heterocycles. The molecule has 3 nitrogen and oxygen atoms in total. The van der Waals surface area contributed by atoms with E-state index in [1.54, 1.807) is 0 Å². The second-order valence-corrected chi connectivity index (χ2v) is 6.26. The van der Waals surface area contributed by atoms with Crippen LogP contribution in [-0.2, 0) is 4.79 Å². The Morgan fingerprint density at radius 1 is 0.818 bits per heavy atom. The fourth-order valence-corrected chi connectivity index (χ4v) is 2.69. The summed E-state index contributed by atoms with van der Waals surface area (Å²) >= 11 is 0. The van der Waals surface area contributed by atoms with Crippen molar-refractivity contribution in [2.45, 2.75) is 109 Å². The molecule has 1 N–H and O–H groups in total. The van der Waals surface area contributed by atoms with Gasteiger partial charge in [0.15, 0.2) is 0 Å². The van der Waals surface area contributed by atoms with Crippen molar-refractivity contribution in [3.8, 4) is 0 Å². The zero-order valence-corrected chi connectivity index (χ0v) is 14.9. The predicted octanol–water partition coefficient (Wildman–Crippen LogP) is 0.973. The molecule has 0 aromatic heterocycles. The van der Waals surface area contributed by atoms with E-state index in [-0.39, 0.29) is 25.3 Å². The number of aliphatic hydroxyl groups is 1. The zero-order valence-electron chi connectivity index (χ0n) is 14.9. The quantitative estimate of drug-likeness (QED) is 0.341. The number of unbranched alkanes of at least 4 members (excludes halogenated alkanes) is 12. The molecule has 1 atom stereocenters. The second-order valence-electron chi connectivity index (χ2n) is 6.26. The van der Waals surface area contributed by atoms with E-state index >= 15 is 0 Å². The summed E-state index contributed by atoms with van der Waals surface area (Å²) in [5.41, 5.74) is 0. The third kappa shape index (κ3) is 20.0. The molecule has 0 aliphatic rings. The number of rotatable bonds is 16. The smallest absolute Gasteiger partial charge is 0.550 e. The number of carboxylic acid groups (broad SMARTS) is 1. The van der Waals surface area contributed by atoms with Crippen LogP contribution in [0.2, 0.25) is 0 Å². The van der Waals surface area contributed by atoms with Crippen molar-refractivity contribution in [1.82, 2.24) is 0 Å². The van der Waals surface area contributed by atoms with E-state index in [0.29, 0.717) is 6.42 Å². The Bertz CT molecular complexity index is 234. The van der Waals surface area contributed by atoms with Crippen LogP contribution < -0.4 is 24.0 Å². The zero-order chi connectivity index (χ0) is 15.8. The number of aliphatic hydroxyl groups excluding tert-OH is 1. The number of hydrogen-bond acceptors (Lipinski definition) is 3. The van der Waals surface area contributed by atoms with Crippen LogP contribution in [0, 0.1) is 0 Å². The topological polar surface area (TPSA) is 60.4 Å². The number of aliphatic carboxylic acids is 1. The molecule has 0 aromatic rings. The Labute approximate surface area is 149 Å². The van der Waals surface area contributed by atoms with Crippen LogP contribution in [0.3, 0.4) is 0 Å². The molecule has 0 saturated carbocycles. The maximum atomic E-state index is 10.3. The molecule has 22 heavy (non-hydrogen) atoms. The van der Waals surface area contributed by atoms with Crippen molar-refractivity contribution in [2.75, 3.05) is 0 Å². The van der Waals surface area contributed by atoms with Crippen molar-refractivity contribution >= 4 is 5.97 Å². The predicted molar refractivity (Wildman–Crippen MR) is 85.9 cm³/mol. The van der Waals surface area contributed by atoms with E-state index in [1.807, 2.05) is 0 Å². The van der Waals surface area contributed by atoms with Crippen LogP contribution in [0.1, 0.15) is 103 Å². The molecule has 4 heteroatoms. The second kappa shape index (κ2) is 19.1. The molecule has 0 aliphatic carbocycles. The average Bonchev–Trinajstić information content (AvgIpc) is 2.43. The Hall–Kier alpha value is 0.0274. The SMILES string of the molecule is CCCCCCCCCCCCCCCC(O)CC(=O)[O-].[Li+]. The van der Waals surface area contributed by atoms with Gasteiger partial charge in [-0.2, -0.15) is 0 Å².